The third kappa shape index (κ3) is 5.34. The van der Waals surface area contributed by atoms with E-state index >= 15 is 0 Å². The molecule has 2 rings (SSSR count). The van der Waals surface area contributed by atoms with Crippen molar-refractivity contribution in [2.75, 3.05) is 33.2 Å². The summed E-state index contributed by atoms with van der Waals surface area (Å²) >= 11 is 0. The molecule has 5 nitrogen and oxygen atoms in total. The van der Waals surface area contributed by atoms with Gasteiger partial charge in [-0.25, -0.2) is 0 Å². The monoisotopic (exact) mass is 331 g/mol. The lowest BCUT2D eigenvalue weighted by atomic mass is 9.96. The summed E-state index contributed by atoms with van der Waals surface area (Å²) in [5, 5.41) is 5.77. The average molecular weight is 331 g/mol. The third-order valence-electron chi connectivity index (χ3n) is 4.88. The summed E-state index contributed by atoms with van der Waals surface area (Å²) in [4.78, 5) is 26.0. The van der Waals surface area contributed by atoms with Gasteiger partial charge in [0.15, 0.2) is 0 Å². The number of benzene rings is 1. The second-order valence-corrected chi connectivity index (χ2v) is 6.48. The van der Waals surface area contributed by atoms with Gasteiger partial charge in [-0.3, -0.25) is 14.5 Å². The number of nitrogens with zero attached hydrogens (tertiary/aromatic N) is 1. The first-order valence-corrected chi connectivity index (χ1v) is 8.89. The predicted molar refractivity (Wildman–Crippen MR) is 95.7 cm³/mol. The van der Waals surface area contributed by atoms with Crippen molar-refractivity contribution in [1.29, 1.82) is 0 Å². The lowest BCUT2D eigenvalue weighted by Crippen LogP contribution is -2.44. The van der Waals surface area contributed by atoms with Crippen LogP contribution in [0, 0.1) is 5.92 Å². The molecule has 2 amide bonds. The van der Waals surface area contributed by atoms with Crippen LogP contribution in [0.1, 0.15) is 37.7 Å². The summed E-state index contributed by atoms with van der Waals surface area (Å²) < 4.78 is 0. The Morgan fingerprint density at radius 3 is 2.46 bits per heavy atom. The number of hydrogen-bond acceptors (Lipinski definition) is 3. The summed E-state index contributed by atoms with van der Waals surface area (Å²) in [5.41, 5.74) is 1.27. The van der Waals surface area contributed by atoms with E-state index in [0.717, 1.165) is 32.4 Å². The van der Waals surface area contributed by atoms with Crippen LogP contribution in [0.25, 0.3) is 0 Å². The van der Waals surface area contributed by atoms with E-state index < -0.39 is 0 Å². The SMILES string of the molecule is CCC(CNC(=O)CN1CCC(C(=O)NC)CC1)c1ccccc1. The predicted octanol–water partition coefficient (Wildman–Crippen LogP) is 1.75. The topological polar surface area (TPSA) is 61.4 Å². The van der Waals surface area contributed by atoms with Gasteiger partial charge in [0.25, 0.3) is 0 Å². The number of piperidine rings is 1. The molecule has 0 aromatic heterocycles. The van der Waals surface area contributed by atoms with E-state index in [4.69, 9.17) is 0 Å². The molecule has 5 heteroatoms. The first kappa shape index (κ1) is 18.5. The van der Waals surface area contributed by atoms with Gasteiger partial charge < -0.3 is 10.6 Å². The first-order valence-electron chi connectivity index (χ1n) is 8.89. The van der Waals surface area contributed by atoms with E-state index in [1.165, 1.54) is 5.56 Å². The Labute approximate surface area is 144 Å². The summed E-state index contributed by atoms with van der Waals surface area (Å²) in [5.74, 6) is 0.640. The van der Waals surface area contributed by atoms with Gasteiger partial charge in [-0.1, -0.05) is 37.3 Å². The lowest BCUT2D eigenvalue weighted by Gasteiger charge is -2.30. The normalized spacial score (nSPS) is 17.2. The lowest BCUT2D eigenvalue weighted by molar-refractivity contribution is -0.126. The van der Waals surface area contributed by atoms with Gasteiger partial charge in [-0.05, 0) is 37.9 Å². The van der Waals surface area contributed by atoms with Crippen LogP contribution in [0.5, 0.6) is 0 Å². The summed E-state index contributed by atoms with van der Waals surface area (Å²) in [6.45, 7) is 4.86. The number of carbonyl (C=O) groups excluding carboxylic acids is 2. The van der Waals surface area contributed by atoms with Crippen molar-refractivity contribution in [3.63, 3.8) is 0 Å². The van der Waals surface area contributed by atoms with E-state index in [1.54, 1.807) is 7.05 Å². The number of rotatable bonds is 7. The zero-order valence-electron chi connectivity index (χ0n) is 14.8. The Morgan fingerprint density at radius 1 is 1.21 bits per heavy atom. The molecule has 0 aliphatic carbocycles. The highest BCUT2D eigenvalue weighted by Crippen LogP contribution is 2.18. The second-order valence-electron chi connectivity index (χ2n) is 6.48. The molecule has 0 spiro atoms. The third-order valence-corrected chi connectivity index (χ3v) is 4.88. The van der Waals surface area contributed by atoms with Crippen LogP contribution in [0.15, 0.2) is 30.3 Å². The standard InChI is InChI=1S/C19H29N3O2/c1-3-15(16-7-5-4-6-8-16)13-21-18(23)14-22-11-9-17(10-12-22)19(24)20-2/h4-8,15,17H,3,9-14H2,1-2H3,(H,20,24)(H,21,23). The van der Waals surface area contributed by atoms with E-state index in [-0.39, 0.29) is 17.7 Å². The van der Waals surface area contributed by atoms with Gasteiger partial charge in [0.2, 0.25) is 11.8 Å². The molecular formula is C19H29N3O2. The van der Waals surface area contributed by atoms with Crippen molar-refractivity contribution in [3.05, 3.63) is 35.9 Å². The Balaban J connectivity index is 1.73. The number of nitrogens with one attached hydrogen (secondary N) is 2. The van der Waals surface area contributed by atoms with Gasteiger partial charge in [0.1, 0.15) is 0 Å². The fraction of sp³-hybridized carbons (Fsp3) is 0.579. The van der Waals surface area contributed by atoms with Gasteiger partial charge in [0, 0.05) is 25.4 Å². The fourth-order valence-corrected chi connectivity index (χ4v) is 3.28. The highest BCUT2D eigenvalue weighted by Gasteiger charge is 2.25. The van der Waals surface area contributed by atoms with Crippen molar-refractivity contribution < 1.29 is 9.59 Å². The summed E-state index contributed by atoms with van der Waals surface area (Å²) in [6, 6.07) is 10.3. The zero-order chi connectivity index (χ0) is 17.4. The summed E-state index contributed by atoms with van der Waals surface area (Å²) in [7, 11) is 1.68. The number of likely N-dealkylation sites (tertiary alicyclic amines) is 1. The molecule has 1 aromatic carbocycles. The van der Waals surface area contributed by atoms with Gasteiger partial charge in [-0.2, -0.15) is 0 Å². The Hall–Kier alpha value is -1.88. The van der Waals surface area contributed by atoms with Crippen LogP contribution in [0.4, 0.5) is 0 Å². The second kappa shape index (κ2) is 9.42. The van der Waals surface area contributed by atoms with Crippen LogP contribution in [0.2, 0.25) is 0 Å². The minimum Gasteiger partial charge on any atom is -0.359 e. The van der Waals surface area contributed by atoms with E-state index in [1.807, 2.05) is 18.2 Å². The van der Waals surface area contributed by atoms with Crippen molar-refractivity contribution in [3.8, 4) is 0 Å². The van der Waals surface area contributed by atoms with Crippen molar-refractivity contribution in [2.24, 2.45) is 5.92 Å². The van der Waals surface area contributed by atoms with Gasteiger partial charge in [0.05, 0.1) is 6.54 Å². The number of hydrogen-bond donors (Lipinski definition) is 2. The molecule has 1 unspecified atom stereocenters. The zero-order valence-corrected chi connectivity index (χ0v) is 14.8. The average Bonchev–Trinajstić information content (AvgIpc) is 2.63. The Kier molecular flexibility index (Phi) is 7.25. The smallest absolute Gasteiger partial charge is 0.234 e. The van der Waals surface area contributed by atoms with E-state index in [0.29, 0.717) is 19.0 Å². The number of amides is 2. The van der Waals surface area contributed by atoms with Gasteiger partial charge in [-0.15, -0.1) is 0 Å². The molecule has 0 saturated carbocycles. The fourth-order valence-electron chi connectivity index (χ4n) is 3.28. The van der Waals surface area contributed by atoms with E-state index in [9.17, 15) is 9.59 Å². The molecule has 0 bridgehead atoms. The maximum absolute atomic E-state index is 12.2. The maximum Gasteiger partial charge on any atom is 0.234 e. The van der Waals surface area contributed by atoms with Crippen LogP contribution < -0.4 is 10.6 Å². The molecule has 2 N–H and O–H groups in total. The largest absolute Gasteiger partial charge is 0.359 e. The molecular weight excluding hydrogens is 302 g/mol. The Morgan fingerprint density at radius 2 is 1.88 bits per heavy atom. The van der Waals surface area contributed by atoms with E-state index in [2.05, 4.69) is 34.6 Å². The number of carbonyl (C=O) groups is 2. The molecule has 1 aromatic rings. The molecule has 132 valence electrons. The Bertz CT molecular complexity index is 525. The molecule has 1 heterocycles. The molecule has 24 heavy (non-hydrogen) atoms. The molecule has 0 radical (unpaired) electrons. The van der Waals surface area contributed by atoms with Crippen molar-refractivity contribution >= 4 is 11.8 Å². The van der Waals surface area contributed by atoms with Crippen LogP contribution in [-0.2, 0) is 9.59 Å². The highest BCUT2D eigenvalue weighted by molar-refractivity contribution is 5.79. The minimum atomic E-state index is 0.0720. The van der Waals surface area contributed by atoms with Gasteiger partial charge >= 0.3 is 0 Å². The summed E-state index contributed by atoms with van der Waals surface area (Å²) in [6.07, 6.45) is 2.66. The van der Waals surface area contributed by atoms with Crippen LogP contribution in [0.3, 0.4) is 0 Å². The molecule has 1 saturated heterocycles. The van der Waals surface area contributed by atoms with Crippen LogP contribution in [-0.4, -0.2) is 49.9 Å². The highest BCUT2D eigenvalue weighted by atomic mass is 16.2. The molecule has 1 aliphatic rings. The molecule has 1 fully saturated rings. The quantitative estimate of drug-likeness (QED) is 0.800. The van der Waals surface area contributed by atoms with Crippen LogP contribution >= 0.6 is 0 Å². The molecule has 1 atom stereocenters. The van der Waals surface area contributed by atoms with Crippen molar-refractivity contribution in [1.82, 2.24) is 15.5 Å². The minimum absolute atomic E-state index is 0.0720. The molecule has 1 aliphatic heterocycles. The van der Waals surface area contributed by atoms with Crippen molar-refractivity contribution in [2.45, 2.75) is 32.1 Å². The maximum atomic E-state index is 12.2. The first-order chi connectivity index (χ1) is 11.6.